The van der Waals surface area contributed by atoms with Gasteiger partial charge in [0.25, 0.3) is 0 Å². The molecular weight excluding hydrogens is 462 g/mol. The van der Waals surface area contributed by atoms with E-state index in [2.05, 4.69) is 0 Å². The average molecular weight is 488 g/mol. The smallest absolute Gasteiger partial charge is 0.355 e. The lowest BCUT2D eigenvalue weighted by atomic mass is 9.85. The number of hydrogen-bond donors (Lipinski definition) is 0. The van der Waals surface area contributed by atoms with Crippen molar-refractivity contribution in [3.05, 3.63) is 102 Å². The van der Waals surface area contributed by atoms with Crippen LogP contribution in [0.2, 0.25) is 0 Å². The van der Waals surface area contributed by atoms with E-state index in [0.29, 0.717) is 11.4 Å². The summed E-state index contributed by atoms with van der Waals surface area (Å²) in [4.78, 5) is 39.9. The quantitative estimate of drug-likeness (QED) is 0.571. The highest BCUT2D eigenvalue weighted by molar-refractivity contribution is 6.07. The zero-order valence-corrected chi connectivity index (χ0v) is 20.0. The largest absolute Gasteiger partial charge is 0.497 e. The number of nitrogens with zero attached hydrogens (tertiary/aromatic N) is 1. The van der Waals surface area contributed by atoms with Gasteiger partial charge in [-0.3, -0.25) is 4.79 Å². The first-order valence-electron chi connectivity index (χ1n) is 11.1. The number of ketones is 1. The molecule has 0 saturated heterocycles. The molecule has 0 bridgehead atoms. The summed E-state index contributed by atoms with van der Waals surface area (Å²) in [5.74, 6) is -1.24. The standard InChI is InChI=1S/C28H25NO7/c1-33-22-12-10-20(11-13-22)29-23(14-9-19-7-5-4-6-8-19)36-28(17-15-21(30)16-18-28)24(26(31)34-2)25(29)27(32)35-3/h4-18,23H,1-3H3/b14-9+. The minimum Gasteiger partial charge on any atom is -0.497 e. The van der Waals surface area contributed by atoms with Crippen molar-refractivity contribution < 1.29 is 33.3 Å². The van der Waals surface area contributed by atoms with Gasteiger partial charge < -0.3 is 23.8 Å². The van der Waals surface area contributed by atoms with Gasteiger partial charge in [-0.05, 0) is 60.2 Å². The van der Waals surface area contributed by atoms with Crippen molar-refractivity contribution in [3.8, 4) is 5.75 Å². The molecule has 8 heteroatoms. The Morgan fingerprint density at radius 3 is 2.14 bits per heavy atom. The molecule has 0 saturated carbocycles. The summed E-state index contributed by atoms with van der Waals surface area (Å²) in [5.41, 5.74) is -0.296. The summed E-state index contributed by atoms with van der Waals surface area (Å²) < 4.78 is 21.9. The maximum Gasteiger partial charge on any atom is 0.355 e. The van der Waals surface area contributed by atoms with E-state index in [1.807, 2.05) is 36.4 Å². The van der Waals surface area contributed by atoms with Crippen LogP contribution in [-0.2, 0) is 28.6 Å². The first-order chi connectivity index (χ1) is 17.4. The Kier molecular flexibility index (Phi) is 7.17. The number of rotatable bonds is 6. The van der Waals surface area contributed by atoms with Crippen molar-refractivity contribution in [1.82, 2.24) is 0 Å². The fourth-order valence-electron chi connectivity index (χ4n) is 4.07. The first kappa shape index (κ1) is 24.7. The Labute approximate surface area is 208 Å². The molecule has 0 amide bonds. The van der Waals surface area contributed by atoms with Crippen LogP contribution in [0.3, 0.4) is 0 Å². The number of carbonyl (C=O) groups is 3. The molecular formula is C28H25NO7. The van der Waals surface area contributed by atoms with Gasteiger partial charge in [-0.1, -0.05) is 36.4 Å². The van der Waals surface area contributed by atoms with E-state index in [-0.39, 0.29) is 17.1 Å². The molecule has 1 aliphatic heterocycles. The number of hydrogen-bond acceptors (Lipinski definition) is 8. The van der Waals surface area contributed by atoms with Gasteiger partial charge in [0.15, 0.2) is 12.0 Å². The third-order valence-corrected chi connectivity index (χ3v) is 5.80. The molecule has 0 radical (unpaired) electrons. The second kappa shape index (κ2) is 10.5. The molecule has 8 nitrogen and oxygen atoms in total. The number of ether oxygens (including phenoxy) is 4. The van der Waals surface area contributed by atoms with E-state index in [1.54, 1.807) is 42.4 Å². The summed E-state index contributed by atoms with van der Waals surface area (Å²) in [7, 11) is 3.98. The molecule has 1 heterocycles. The first-order valence-corrected chi connectivity index (χ1v) is 11.1. The molecule has 2 aliphatic rings. The Hall–Kier alpha value is -4.43. The van der Waals surface area contributed by atoms with Gasteiger partial charge in [-0.15, -0.1) is 0 Å². The topological polar surface area (TPSA) is 91.4 Å². The number of carbonyl (C=O) groups excluding carboxylic acids is 3. The molecule has 36 heavy (non-hydrogen) atoms. The Morgan fingerprint density at radius 1 is 0.917 bits per heavy atom. The van der Waals surface area contributed by atoms with E-state index in [1.165, 1.54) is 38.5 Å². The maximum absolute atomic E-state index is 13.3. The second-order valence-corrected chi connectivity index (χ2v) is 7.92. The lowest BCUT2D eigenvalue weighted by molar-refractivity contribution is -0.143. The van der Waals surface area contributed by atoms with Crippen LogP contribution in [0.5, 0.6) is 5.75 Å². The number of methoxy groups -OCH3 is 3. The average Bonchev–Trinajstić information content (AvgIpc) is 2.93. The highest BCUT2D eigenvalue weighted by Gasteiger charge is 2.50. The van der Waals surface area contributed by atoms with Crippen molar-refractivity contribution in [2.75, 3.05) is 26.2 Å². The molecule has 1 spiro atoms. The molecule has 2 aromatic rings. The van der Waals surface area contributed by atoms with E-state index in [9.17, 15) is 14.4 Å². The lowest BCUT2D eigenvalue weighted by Crippen LogP contribution is -2.54. The predicted octanol–water partition coefficient (Wildman–Crippen LogP) is 3.61. The molecule has 0 aromatic heterocycles. The number of allylic oxidation sites excluding steroid dienone is 2. The van der Waals surface area contributed by atoms with Gasteiger partial charge >= 0.3 is 11.9 Å². The van der Waals surface area contributed by atoms with E-state index in [0.717, 1.165) is 5.56 Å². The Morgan fingerprint density at radius 2 is 1.56 bits per heavy atom. The van der Waals surface area contributed by atoms with Gasteiger partial charge in [0.05, 0.1) is 21.3 Å². The maximum atomic E-state index is 13.3. The van der Waals surface area contributed by atoms with Crippen LogP contribution in [0.1, 0.15) is 5.56 Å². The van der Waals surface area contributed by atoms with Crippen LogP contribution in [-0.4, -0.2) is 50.9 Å². The zero-order chi connectivity index (χ0) is 25.7. The Balaban J connectivity index is 1.98. The Bertz CT molecular complexity index is 1260. The zero-order valence-electron chi connectivity index (χ0n) is 20.0. The van der Waals surface area contributed by atoms with E-state index in [4.69, 9.17) is 18.9 Å². The monoisotopic (exact) mass is 487 g/mol. The number of benzene rings is 2. The van der Waals surface area contributed by atoms with Crippen LogP contribution < -0.4 is 9.64 Å². The molecule has 4 rings (SSSR count). The molecule has 2 aromatic carbocycles. The van der Waals surface area contributed by atoms with E-state index >= 15 is 0 Å². The predicted molar refractivity (Wildman–Crippen MR) is 133 cm³/mol. The summed E-state index contributed by atoms with van der Waals surface area (Å²) in [6.45, 7) is 0. The number of anilines is 1. The van der Waals surface area contributed by atoms with Crippen molar-refractivity contribution in [2.24, 2.45) is 0 Å². The highest BCUT2D eigenvalue weighted by atomic mass is 16.6. The summed E-state index contributed by atoms with van der Waals surface area (Å²) >= 11 is 0. The minimum absolute atomic E-state index is 0.0767. The van der Waals surface area contributed by atoms with Crippen LogP contribution >= 0.6 is 0 Å². The van der Waals surface area contributed by atoms with Crippen LogP contribution in [0.25, 0.3) is 6.08 Å². The summed E-state index contributed by atoms with van der Waals surface area (Å²) in [5, 5.41) is 0. The van der Waals surface area contributed by atoms with Crippen molar-refractivity contribution >= 4 is 29.5 Å². The third kappa shape index (κ3) is 4.71. The molecule has 0 N–H and O–H groups in total. The summed E-state index contributed by atoms with van der Waals surface area (Å²) in [6, 6.07) is 16.5. The fourth-order valence-corrected chi connectivity index (χ4v) is 4.07. The SMILES string of the molecule is COC(=O)C1=C(C(=O)OC)C2(C=CC(=O)C=C2)OC(/C=C/c2ccccc2)N1c1ccc(OC)cc1. The third-order valence-electron chi connectivity index (χ3n) is 5.80. The summed E-state index contributed by atoms with van der Waals surface area (Å²) in [6.07, 6.45) is 8.18. The molecule has 1 atom stereocenters. The van der Waals surface area contributed by atoms with Gasteiger partial charge in [0.2, 0.25) is 0 Å². The normalized spacial score (nSPS) is 18.6. The molecule has 184 valence electrons. The van der Waals surface area contributed by atoms with E-state index < -0.39 is 23.8 Å². The van der Waals surface area contributed by atoms with Crippen LogP contribution in [0.4, 0.5) is 5.69 Å². The highest BCUT2D eigenvalue weighted by Crippen LogP contribution is 2.42. The molecule has 0 fully saturated rings. The minimum atomic E-state index is -1.54. The number of esters is 2. The van der Waals surface area contributed by atoms with Gasteiger partial charge in [0, 0.05) is 5.69 Å². The van der Waals surface area contributed by atoms with Crippen molar-refractivity contribution in [1.29, 1.82) is 0 Å². The molecule has 1 aliphatic carbocycles. The second-order valence-electron chi connectivity index (χ2n) is 7.92. The van der Waals surface area contributed by atoms with Gasteiger partial charge in [-0.25, -0.2) is 9.59 Å². The molecule has 1 unspecified atom stereocenters. The fraction of sp³-hybridized carbons (Fsp3) is 0.179. The van der Waals surface area contributed by atoms with Gasteiger partial charge in [0.1, 0.15) is 22.6 Å². The van der Waals surface area contributed by atoms with Crippen LogP contribution in [0, 0.1) is 0 Å². The lowest BCUT2D eigenvalue weighted by Gasteiger charge is -2.45. The van der Waals surface area contributed by atoms with Crippen LogP contribution in [0.15, 0.2) is 96.2 Å². The van der Waals surface area contributed by atoms with Gasteiger partial charge in [-0.2, -0.15) is 0 Å². The van der Waals surface area contributed by atoms with Crippen molar-refractivity contribution in [2.45, 2.75) is 11.8 Å². The van der Waals surface area contributed by atoms with Crippen molar-refractivity contribution in [3.63, 3.8) is 0 Å².